The van der Waals surface area contributed by atoms with E-state index in [1.807, 2.05) is 6.92 Å². The van der Waals surface area contributed by atoms with Crippen LogP contribution in [0.1, 0.15) is 18.1 Å². The highest BCUT2D eigenvalue weighted by Gasteiger charge is 2.10. The second-order valence-corrected chi connectivity index (χ2v) is 5.79. The SMILES string of the molecule is C=CCc1cc(C=Nn2c(=O)[nH]c3ccccc3c2=O)cc(OCC)c1O. The van der Waals surface area contributed by atoms with Crippen molar-refractivity contribution in [3.8, 4) is 11.5 Å². The maximum Gasteiger partial charge on any atom is 0.349 e. The van der Waals surface area contributed by atoms with Crippen LogP contribution in [0.2, 0.25) is 0 Å². The topological polar surface area (TPSA) is 96.7 Å². The number of aromatic hydroxyl groups is 1. The van der Waals surface area contributed by atoms with Crippen LogP contribution in [0.25, 0.3) is 10.9 Å². The van der Waals surface area contributed by atoms with Gasteiger partial charge in [0.25, 0.3) is 5.56 Å². The summed E-state index contributed by atoms with van der Waals surface area (Å²) in [5.74, 6) is 0.340. The maximum atomic E-state index is 12.5. The highest BCUT2D eigenvalue weighted by atomic mass is 16.5. The van der Waals surface area contributed by atoms with Crippen molar-refractivity contribution in [2.24, 2.45) is 5.10 Å². The average molecular weight is 365 g/mol. The van der Waals surface area contributed by atoms with E-state index in [0.29, 0.717) is 40.8 Å². The molecule has 0 saturated carbocycles. The number of hydrogen-bond donors (Lipinski definition) is 2. The van der Waals surface area contributed by atoms with E-state index in [0.717, 1.165) is 4.68 Å². The predicted octanol–water partition coefficient (Wildman–Crippen LogP) is 2.40. The number of phenols is 1. The van der Waals surface area contributed by atoms with E-state index in [-0.39, 0.29) is 5.75 Å². The number of nitrogens with zero attached hydrogens (tertiary/aromatic N) is 2. The third-order valence-electron chi connectivity index (χ3n) is 3.95. The minimum absolute atomic E-state index is 0.0367. The molecule has 0 spiro atoms. The van der Waals surface area contributed by atoms with Crippen LogP contribution in [0, 0.1) is 0 Å². The first-order valence-corrected chi connectivity index (χ1v) is 8.43. The molecule has 0 amide bonds. The number of nitrogens with one attached hydrogen (secondary N) is 1. The highest BCUT2D eigenvalue weighted by molar-refractivity contribution is 5.82. The molecular formula is C20H19N3O4. The molecular weight excluding hydrogens is 346 g/mol. The Kier molecular flexibility index (Phi) is 5.21. The molecule has 0 saturated heterocycles. The van der Waals surface area contributed by atoms with E-state index >= 15 is 0 Å². The summed E-state index contributed by atoms with van der Waals surface area (Å²) < 4.78 is 6.21. The van der Waals surface area contributed by atoms with Crippen LogP contribution in [-0.4, -0.2) is 27.6 Å². The Morgan fingerprint density at radius 3 is 2.81 bits per heavy atom. The van der Waals surface area contributed by atoms with E-state index in [4.69, 9.17) is 4.74 Å². The molecule has 1 aromatic heterocycles. The molecule has 1 heterocycles. The Labute approximate surface area is 154 Å². The van der Waals surface area contributed by atoms with Crippen LogP contribution in [0.3, 0.4) is 0 Å². The Bertz CT molecular complexity index is 1140. The lowest BCUT2D eigenvalue weighted by Crippen LogP contribution is -2.32. The molecule has 2 aromatic carbocycles. The van der Waals surface area contributed by atoms with Crippen molar-refractivity contribution in [2.75, 3.05) is 6.61 Å². The minimum Gasteiger partial charge on any atom is -0.504 e. The summed E-state index contributed by atoms with van der Waals surface area (Å²) in [6.45, 7) is 5.86. The van der Waals surface area contributed by atoms with Gasteiger partial charge in [0.2, 0.25) is 0 Å². The van der Waals surface area contributed by atoms with E-state index in [9.17, 15) is 14.7 Å². The number of ether oxygens (including phenoxy) is 1. The van der Waals surface area contributed by atoms with Crippen LogP contribution in [0.5, 0.6) is 11.5 Å². The monoisotopic (exact) mass is 365 g/mol. The number of benzene rings is 2. The van der Waals surface area contributed by atoms with Gasteiger partial charge in [-0.25, -0.2) is 4.79 Å². The number of allylic oxidation sites excluding steroid dienone is 1. The first-order chi connectivity index (χ1) is 13.0. The van der Waals surface area contributed by atoms with Gasteiger partial charge in [0.05, 0.1) is 23.7 Å². The van der Waals surface area contributed by atoms with Crippen molar-refractivity contribution in [2.45, 2.75) is 13.3 Å². The van der Waals surface area contributed by atoms with Crippen molar-refractivity contribution < 1.29 is 9.84 Å². The molecule has 27 heavy (non-hydrogen) atoms. The fourth-order valence-electron chi connectivity index (χ4n) is 2.72. The van der Waals surface area contributed by atoms with E-state index < -0.39 is 11.2 Å². The second-order valence-electron chi connectivity index (χ2n) is 5.79. The van der Waals surface area contributed by atoms with Crippen molar-refractivity contribution in [1.82, 2.24) is 9.66 Å². The second kappa shape index (κ2) is 7.74. The van der Waals surface area contributed by atoms with Crippen molar-refractivity contribution in [3.63, 3.8) is 0 Å². The van der Waals surface area contributed by atoms with Gasteiger partial charge in [-0.05, 0) is 43.2 Å². The first-order valence-electron chi connectivity index (χ1n) is 8.43. The zero-order valence-electron chi connectivity index (χ0n) is 14.8. The zero-order valence-corrected chi connectivity index (χ0v) is 14.8. The summed E-state index contributed by atoms with van der Waals surface area (Å²) in [5, 5.41) is 14.6. The standard InChI is InChI=1S/C20H19N3O4/c1-3-7-14-10-13(11-17(18(14)24)27-4-2)12-21-23-19(25)15-8-5-6-9-16(15)22-20(23)26/h3,5-6,8-12,24H,1,4,7H2,2H3,(H,22,26). The molecule has 7 nitrogen and oxygen atoms in total. The molecule has 0 atom stereocenters. The molecule has 0 radical (unpaired) electrons. The Balaban J connectivity index is 2.08. The number of para-hydroxylation sites is 1. The summed E-state index contributed by atoms with van der Waals surface area (Å²) in [7, 11) is 0. The lowest BCUT2D eigenvalue weighted by Gasteiger charge is -2.10. The third kappa shape index (κ3) is 3.67. The maximum absolute atomic E-state index is 12.5. The lowest BCUT2D eigenvalue weighted by atomic mass is 10.1. The normalized spacial score (nSPS) is 11.1. The van der Waals surface area contributed by atoms with Crippen LogP contribution < -0.4 is 16.0 Å². The average Bonchev–Trinajstić information content (AvgIpc) is 2.65. The fraction of sp³-hybridized carbons (Fsp3) is 0.150. The molecule has 3 rings (SSSR count). The molecule has 138 valence electrons. The third-order valence-corrected chi connectivity index (χ3v) is 3.95. The molecule has 7 heteroatoms. The van der Waals surface area contributed by atoms with Gasteiger partial charge in [0.1, 0.15) is 0 Å². The summed E-state index contributed by atoms with van der Waals surface area (Å²) >= 11 is 0. The van der Waals surface area contributed by atoms with Gasteiger partial charge in [0, 0.05) is 5.56 Å². The van der Waals surface area contributed by atoms with Gasteiger partial charge < -0.3 is 14.8 Å². The molecule has 0 fully saturated rings. The molecule has 0 aliphatic rings. The highest BCUT2D eigenvalue weighted by Crippen LogP contribution is 2.31. The molecule has 0 bridgehead atoms. The van der Waals surface area contributed by atoms with Gasteiger partial charge in [-0.1, -0.05) is 18.2 Å². The first kappa shape index (κ1) is 18.2. The Hall–Kier alpha value is -3.61. The van der Waals surface area contributed by atoms with Gasteiger partial charge >= 0.3 is 5.69 Å². The summed E-state index contributed by atoms with van der Waals surface area (Å²) in [4.78, 5) is 27.3. The van der Waals surface area contributed by atoms with Gasteiger partial charge in [-0.2, -0.15) is 5.10 Å². The number of phenolic OH excluding ortho intramolecular Hbond substituents is 1. The quantitative estimate of drug-likeness (QED) is 0.518. The number of fused-ring (bicyclic) bond motifs is 1. The van der Waals surface area contributed by atoms with Crippen LogP contribution in [0.15, 0.2) is 63.7 Å². The molecule has 0 aliphatic carbocycles. The smallest absolute Gasteiger partial charge is 0.349 e. The minimum atomic E-state index is -0.634. The summed E-state index contributed by atoms with van der Waals surface area (Å²) in [6, 6.07) is 10.0. The zero-order chi connectivity index (χ0) is 19.4. The largest absolute Gasteiger partial charge is 0.504 e. The van der Waals surface area contributed by atoms with Crippen molar-refractivity contribution >= 4 is 17.1 Å². The number of aromatic amines is 1. The van der Waals surface area contributed by atoms with Crippen molar-refractivity contribution in [3.05, 3.63) is 81.0 Å². The van der Waals surface area contributed by atoms with Crippen LogP contribution >= 0.6 is 0 Å². The number of aromatic nitrogens is 2. The number of rotatable bonds is 6. The molecule has 0 aliphatic heterocycles. The number of hydrogen-bond acceptors (Lipinski definition) is 5. The number of H-pyrrole nitrogens is 1. The van der Waals surface area contributed by atoms with Crippen LogP contribution in [-0.2, 0) is 6.42 Å². The van der Waals surface area contributed by atoms with Crippen molar-refractivity contribution in [1.29, 1.82) is 0 Å². The summed E-state index contributed by atoms with van der Waals surface area (Å²) in [6.07, 6.45) is 3.47. The summed E-state index contributed by atoms with van der Waals surface area (Å²) in [5.41, 5.74) is 0.492. The van der Waals surface area contributed by atoms with Crippen LogP contribution in [0.4, 0.5) is 0 Å². The van der Waals surface area contributed by atoms with E-state index in [1.165, 1.54) is 6.21 Å². The van der Waals surface area contributed by atoms with E-state index in [1.54, 1.807) is 42.5 Å². The molecule has 0 unspecified atom stereocenters. The fourth-order valence-corrected chi connectivity index (χ4v) is 2.72. The Morgan fingerprint density at radius 2 is 2.07 bits per heavy atom. The van der Waals surface area contributed by atoms with E-state index in [2.05, 4.69) is 16.7 Å². The Morgan fingerprint density at radius 1 is 1.30 bits per heavy atom. The molecule has 2 N–H and O–H groups in total. The van der Waals surface area contributed by atoms with Gasteiger partial charge in [0.15, 0.2) is 11.5 Å². The predicted molar refractivity (Wildman–Crippen MR) is 105 cm³/mol. The van der Waals surface area contributed by atoms with Gasteiger partial charge in [-0.3, -0.25) is 4.79 Å². The molecule has 3 aromatic rings. The van der Waals surface area contributed by atoms with Gasteiger partial charge in [-0.15, -0.1) is 11.3 Å². The lowest BCUT2D eigenvalue weighted by molar-refractivity contribution is 0.317.